The van der Waals surface area contributed by atoms with Gasteiger partial charge in [0, 0.05) is 0 Å². The van der Waals surface area contributed by atoms with Gasteiger partial charge in [-0.15, -0.1) is 12.4 Å². The minimum absolute atomic E-state index is 0. The molecule has 0 saturated carbocycles. The molecule has 0 aliphatic carbocycles. The van der Waals surface area contributed by atoms with Gasteiger partial charge in [-0.3, -0.25) is 5.32 Å². The Labute approximate surface area is 133 Å². The van der Waals surface area contributed by atoms with Crippen LogP contribution < -0.4 is 16.8 Å². The fourth-order valence-electron chi connectivity index (χ4n) is 1.64. The Bertz CT molecular complexity index is 529. The highest BCUT2D eigenvalue weighted by Gasteiger charge is 2.08. The Hall–Kier alpha value is -1.75. The number of rotatable bonds is 2. The molecule has 0 saturated heterocycles. The largest absolute Gasteiger partial charge is 0.370 e. The van der Waals surface area contributed by atoms with E-state index < -0.39 is 0 Å². The highest BCUT2D eigenvalue weighted by atomic mass is 35.5. The third-order valence-electron chi connectivity index (χ3n) is 2.72. The normalized spacial score (nSPS) is 12.8. The van der Waals surface area contributed by atoms with Gasteiger partial charge < -0.3 is 11.5 Å². The lowest BCUT2D eigenvalue weighted by atomic mass is 10.1. The van der Waals surface area contributed by atoms with Crippen molar-refractivity contribution in [3.8, 4) is 0 Å². The number of hydrogen-bond donors (Lipinski definition) is 3. The van der Waals surface area contributed by atoms with Gasteiger partial charge in [0.05, 0.1) is 12.1 Å². The van der Waals surface area contributed by atoms with Crippen LogP contribution in [-0.2, 0) is 6.54 Å². The minimum atomic E-state index is -0.245. The van der Waals surface area contributed by atoms with Gasteiger partial charge in [-0.05, 0) is 51.3 Å². The third kappa shape index (κ3) is 7.56. The van der Waals surface area contributed by atoms with E-state index >= 15 is 0 Å². The van der Waals surface area contributed by atoms with E-state index in [-0.39, 0.29) is 29.9 Å². The molecule has 118 valence electrons. The van der Waals surface area contributed by atoms with Gasteiger partial charge >= 0.3 is 0 Å². The van der Waals surface area contributed by atoms with Crippen LogP contribution in [0.2, 0.25) is 0 Å². The number of halogens is 1. The van der Waals surface area contributed by atoms with Crippen LogP contribution in [0, 0.1) is 13.8 Å². The molecular formula is C15H26ClN5. The first-order valence-electron chi connectivity index (χ1n) is 6.66. The van der Waals surface area contributed by atoms with Crippen LogP contribution in [0.3, 0.4) is 0 Å². The lowest BCUT2D eigenvalue weighted by Crippen LogP contribution is -2.42. The second-order valence-electron chi connectivity index (χ2n) is 5.91. The van der Waals surface area contributed by atoms with Crippen molar-refractivity contribution >= 4 is 24.3 Å². The fourth-order valence-corrected chi connectivity index (χ4v) is 1.64. The van der Waals surface area contributed by atoms with E-state index in [2.05, 4.69) is 41.3 Å². The van der Waals surface area contributed by atoms with E-state index in [1.165, 1.54) is 11.1 Å². The van der Waals surface area contributed by atoms with Crippen LogP contribution in [0.1, 0.15) is 37.5 Å². The summed E-state index contributed by atoms with van der Waals surface area (Å²) in [5.74, 6) is 0.549. The first kappa shape index (κ1) is 19.2. The molecule has 0 spiro atoms. The number of nitrogens with two attached hydrogens (primary N) is 2. The Morgan fingerprint density at radius 2 is 1.71 bits per heavy atom. The first-order valence-corrected chi connectivity index (χ1v) is 6.66. The maximum atomic E-state index is 5.79. The summed E-state index contributed by atoms with van der Waals surface area (Å²) in [4.78, 5) is 8.51. The average molecular weight is 312 g/mol. The number of guanidine groups is 2. The monoisotopic (exact) mass is 311 g/mol. The lowest BCUT2D eigenvalue weighted by Gasteiger charge is -2.14. The molecule has 21 heavy (non-hydrogen) atoms. The molecular weight excluding hydrogens is 286 g/mol. The van der Waals surface area contributed by atoms with E-state index in [0.717, 1.165) is 5.56 Å². The van der Waals surface area contributed by atoms with Crippen molar-refractivity contribution in [3.05, 3.63) is 34.9 Å². The molecule has 0 atom stereocenters. The van der Waals surface area contributed by atoms with Crippen molar-refractivity contribution in [2.24, 2.45) is 21.5 Å². The number of aryl methyl sites for hydroxylation is 2. The number of nitrogens with zero attached hydrogens (tertiary/aromatic N) is 2. The van der Waals surface area contributed by atoms with Gasteiger partial charge in [0.2, 0.25) is 0 Å². The van der Waals surface area contributed by atoms with Crippen LogP contribution in [-0.4, -0.2) is 17.5 Å². The van der Waals surface area contributed by atoms with Gasteiger partial charge in [-0.2, -0.15) is 0 Å². The highest BCUT2D eigenvalue weighted by Crippen LogP contribution is 2.10. The van der Waals surface area contributed by atoms with Crippen LogP contribution in [0.15, 0.2) is 28.2 Å². The molecule has 1 aromatic rings. The summed E-state index contributed by atoms with van der Waals surface area (Å²) in [6.45, 7) is 10.6. The standard InChI is InChI=1S/C15H25N5.ClH/c1-10-6-7-12(8-11(10)2)9-18-13(16)19-14(17)20-15(3,4)5;/h6-8H,9H2,1-5H3,(H5,16,17,18,19,20);1H. The maximum absolute atomic E-state index is 5.79. The van der Waals surface area contributed by atoms with Gasteiger partial charge in [-0.25, -0.2) is 9.98 Å². The van der Waals surface area contributed by atoms with E-state index in [1.54, 1.807) is 0 Å². The summed E-state index contributed by atoms with van der Waals surface area (Å²) in [6.07, 6.45) is 0. The van der Waals surface area contributed by atoms with E-state index in [1.807, 2.05) is 26.8 Å². The second kappa shape index (κ2) is 7.88. The van der Waals surface area contributed by atoms with Gasteiger partial charge in [0.15, 0.2) is 11.9 Å². The highest BCUT2D eigenvalue weighted by molar-refractivity contribution is 5.97. The van der Waals surface area contributed by atoms with Gasteiger partial charge in [-0.1, -0.05) is 18.2 Å². The third-order valence-corrected chi connectivity index (χ3v) is 2.72. The second-order valence-corrected chi connectivity index (χ2v) is 5.91. The Morgan fingerprint density at radius 1 is 1.10 bits per heavy atom. The predicted octanol–water partition coefficient (Wildman–Crippen LogP) is 2.24. The van der Waals surface area contributed by atoms with Crippen molar-refractivity contribution < 1.29 is 0 Å². The SMILES string of the molecule is Cc1ccc(CN=C(N)NC(N)=NC(C)(C)C)cc1C.Cl. The first-order chi connectivity index (χ1) is 9.17. The molecule has 0 aliphatic heterocycles. The number of hydrogen-bond acceptors (Lipinski definition) is 2. The minimum Gasteiger partial charge on any atom is -0.370 e. The molecule has 0 aliphatic rings. The number of aliphatic imine (C=N–C) groups is 2. The Kier molecular flexibility index (Phi) is 7.22. The average Bonchev–Trinajstić information content (AvgIpc) is 2.28. The molecule has 0 bridgehead atoms. The molecule has 5 nitrogen and oxygen atoms in total. The van der Waals surface area contributed by atoms with Crippen LogP contribution >= 0.6 is 12.4 Å². The molecule has 0 fully saturated rings. The topological polar surface area (TPSA) is 88.8 Å². The number of benzene rings is 1. The fraction of sp³-hybridized carbons (Fsp3) is 0.467. The van der Waals surface area contributed by atoms with Crippen molar-refractivity contribution in [2.75, 3.05) is 0 Å². The molecule has 0 unspecified atom stereocenters. The summed E-state index contributed by atoms with van der Waals surface area (Å²) in [6, 6.07) is 6.24. The number of nitrogens with one attached hydrogen (secondary N) is 1. The molecule has 5 N–H and O–H groups in total. The van der Waals surface area contributed by atoms with Crippen LogP contribution in [0.5, 0.6) is 0 Å². The molecule has 1 aromatic carbocycles. The molecule has 1 rings (SSSR count). The zero-order valence-electron chi connectivity index (χ0n) is 13.4. The summed E-state index contributed by atoms with van der Waals surface area (Å²) in [5.41, 5.74) is 14.9. The van der Waals surface area contributed by atoms with Gasteiger partial charge in [0.25, 0.3) is 0 Å². The van der Waals surface area contributed by atoms with E-state index in [4.69, 9.17) is 11.5 Å². The van der Waals surface area contributed by atoms with Gasteiger partial charge in [0.1, 0.15) is 0 Å². The van der Waals surface area contributed by atoms with Crippen molar-refractivity contribution in [2.45, 2.75) is 46.7 Å². The summed E-state index contributed by atoms with van der Waals surface area (Å²) in [7, 11) is 0. The van der Waals surface area contributed by atoms with Crippen LogP contribution in [0.4, 0.5) is 0 Å². The maximum Gasteiger partial charge on any atom is 0.195 e. The summed E-state index contributed by atoms with van der Waals surface area (Å²) < 4.78 is 0. The van der Waals surface area contributed by atoms with Crippen molar-refractivity contribution in [1.82, 2.24) is 5.32 Å². The summed E-state index contributed by atoms with van der Waals surface area (Å²) >= 11 is 0. The zero-order valence-corrected chi connectivity index (χ0v) is 14.2. The summed E-state index contributed by atoms with van der Waals surface area (Å²) in [5, 5.41) is 2.79. The Morgan fingerprint density at radius 3 is 2.24 bits per heavy atom. The zero-order chi connectivity index (χ0) is 15.3. The molecule has 0 amide bonds. The van der Waals surface area contributed by atoms with Crippen LogP contribution in [0.25, 0.3) is 0 Å². The van der Waals surface area contributed by atoms with Crippen molar-refractivity contribution in [1.29, 1.82) is 0 Å². The molecule has 0 radical (unpaired) electrons. The van der Waals surface area contributed by atoms with E-state index in [0.29, 0.717) is 6.54 Å². The molecule has 0 aromatic heterocycles. The van der Waals surface area contributed by atoms with E-state index in [9.17, 15) is 0 Å². The van der Waals surface area contributed by atoms with Crippen molar-refractivity contribution in [3.63, 3.8) is 0 Å². The Balaban J connectivity index is 0.00000400. The predicted molar refractivity (Wildman–Crippen MR) is 93.0 cm³/mol. The molecule has 0 heterocycles. The molecule has 6 heteroatoms. The quantitative estimate of drug-likeness (QED) is 0.578. The smallest absolute Gasteiger partial charge is 0.195 e. The lowest BCUT2D eigenvalue weighted by molar-refractivity contribution is 0.581.